The molecule has 1 aliphatic heterocycles. The first-order chi connectivity index (χ1) is 4.70. The quantitative estimate of drug-likeness (QED) is 0.549. The van der Waals surface area contributed by atoms with Crippen LogP contribution >= 0.6 is 0 Å². The Bertz CT molecular complexity index is 133. The molecule has 1 rings (SSSR count). The number of aliphatic hydroxyl groups is 1. The smallest absolute Gasteiger partial charge is 0.182 e. The van der Waals surface area contributed by atoms with E-state index in [1.165, 1.54) is 0 Å². The molecule has 3 heteroatoms. The van der Waals surface area contributed by atoms with Crippen molar-refractivity contribution in [2.75, 3.05) is 6.61 Å². The maximum absolute atomic E-state index is 8.99. The third-order valence-corrected chi connectivity index (χ3v) is 1.32. The van der Waals surface area contributed by atoms with Gasteiger partial charge in [0.25, 0.3) is 0 Å². The van der Waals surface area contributed by atoms with Crippen LogP contribution in [0.4, 0.5) is 0 Å². The van der Waals surface area contributed by atoms with Gasteiger partial charge in [0.05, 0.1) is 6.61 Å². The van der Waals surface area contributed by atoms with E-state index >= 15 is 0 Å². The third kappa shape index (κ3) is 1.80. The molecule has 0 aromatic carbocycles. The van der Waals surface area contributed by atoms with E-state index in [-0.39, 0.29) is 0 Å². The predicted molar refractivity (Wildman–Crippen MR) is 36.3 cm³/mol. The van der Waals surface area contributed by atoms with Crippen LogP contribution in [0.1, 0.15) is 13.3 Å². The van der Waals surface area contributed by atoms with Gasteiger partial charge in [-0.05, 0) is 12.5 Å². The summed E-state index contributed by atoms with van der Waals surface area (Å²) in [6.45, 7) is 6.00. The van der Waals surface area contributed by atoms with E-state index in [1.54, 1.807) is 0 Å². The van der Waals surface area contributed by atoms with Gasteiger partial charge in [-0.25, -0.2) is 0 Å². The molecule has 0 spiro atoms. The van der Waals surface area contributed by atoms with E-state index in [9.17, 15) is 0 Å². The fourth-order valence-corrected chi connectivity index (χ4v) is 0.784. The van der Waals surface area contributed by atoms with Gasteiger partial charge in [0.15, 0.2) is 12.6 Å². The van der Waals surface area contributed by atoms with Gasteiger partial charge in [-0.15, -0.1) is 0 Å². The Kier molecular flexibility index (Phi) is 2.43. The van der Waals surface area contributed by atoms with Gasteiger partial charge in [-0.3, -0.25) is 0 Å². The summed E-state index contributed by atoms with van der Waals surface area (Å²) in [6, 6.07) is 0. The monoisotopic (exact) mass is 144 g/mol. The Morgan fingerprint density at radius 3 is 2.80 bits per heavy atom. The molecular formula is C7H12O3. The van der Waals surface area contributed by atoms with Crippen molar-refractivity contribution >= 4 is 0 Å². The summed E-state index contributed by atoms with van der Waals surface area (Å²) in [7, 11) is 0. The summed E-state index contributed by atoms with van der Waals surface area (Å²) in [4.78, 5) is 0. The van der Waals surface area contributed by atoms with Crippen molar-refractivity contribution in [3.63, 3.8) is 0 Å². The van der Waals surface area contributed by atoms with Crippen molar-refractivity contribution in [3.8, 4) is 0 Å². The number of hydrogen-bond donors (Lipinski definition) is 1. The van der Waals surface area contributed by atoms with Gasteiger partial charge < -0.3 is 14.6 Å². The lowest BCUT2D eigenvalue weighted by Crippen LogP contribution is -2.32. The van der Waals surface area contributed by atoms with E-state index < -0.39 is 12.6 Å². The molecule has 1 saturated heterocycles. The van der Waals surface area contributed by atoms with Gasteiger partial charge in [0.2, 0.25) is 0 Å². The van der Waals surface area contributed by atoms with Crippen LogP contribution in [-0.4, -0.2) is 24.3 Å². The van der Waals surface area contributed by atoms with Crippen molar-refractivity contribution in [1.82, 2.24) is 0 Å². The molecule has 0 aromatic rings. The van der Waals surface area contributed by atoms with E-state index in [2.05, 4.69) is 6.58 Å². The molecule has 58 valence electrons. The lowest BCUT2D eigenvalue weighted by atomic mass is 10.3. The third-order valence-electron chi connectivity index (χ3n) is 1.32. The Morgan fingerprint density at radius 1 is 1.70 bits per heavy atom. The van der Waals surface area contributed by atoms with Crippen molar-refractivity contribution in [3.05, 3.63) is 12.2 Å². The van der Waals surface area contributed by atoms with Crippen LogP contribution in [-0.2, 0) is 9.47 Å². The highest BCUT2D eigenvalue weighted by Gasteiger charge is 2.20. The molecule has 2 atom stereocenters. The Hall–Kier alpha value is -0.380. The Balaban J connectivity index is 2.39. The summed E-state index contributed by atoms with van der Waals surface area (Å²) >= 11 is 0. The summed E-state index contributed by atoms with van der Waals surface area (Å²) in [5.74, 6) is 0. The fraction of sp³-hybridized carbons (Fsp3) is 0.714. The van der Waals surface area contributed by atoms with Gasteiger partial charge in [0, 0.05) is 6.42 Å². The average Bonchev–Trinajstić information content (AvgIpc) is 1.88. The standard InChI is InChI=1S/C7H12O3/c1-5(2)7-9-4-3-6(8)10-7/h6-8H,1,3-4H2,2H3. The second-order valence-electron chi connectivity index (χ2n) is 2.43. The molecule has 1 heterocycles. The first-order valence-corrected chi connectivity index (χ1v) is 3.30. The molecule has 0 amide bonds. The Labute approximate surface area is 60.3 Å². The molecule has 10 heavy (non-hydrogen) atoms. The van der Waals surface area contributed by atoms with Crippen molar-refractivity contribution in [2.45, 2.75) is 25.9 Å². The maximum atomic E-state index is 8.99. The normalized spacial score (nSPS) is 33.8. The highest BCUT2D eigenvalue weighted by molar-refractivity contribution is 4.93. The highest BCUT2D eigenvalue weighted by Crippen LogP contribution is 2.14. The van der Waals surface area contributed by atoms with Crippen LogP contribution in [0.2, 0.25) is 0 Å². The summed E-state index contributed by atoms with van der Waals surface area (Å²) in [5, 5.41) is 8.99. The summed E-state index contributed by atoms with van der Waals surface area (Å²) in [6.07, 6.45) is -0.553. The first-order valence-electron chi connectivity index (χ1n) is 3.30. The number of ether oxygens (including phenoxy) is 2. The molecule has 1 N–H and O–H groups in total. The molecule has 2 unspecified atom stereocenters. The van der Waals surface area contributed by atoms with Crippen LogP contribution in [0.15, 0.2) is 12.2 Å². The molecule has 1 fully saturated rings. The van der Waals surface area contributed by atoms with Crippen LogP contribution in [0.25, 0.3) is 0 Å². The molecular weight excluding hydrogens is 132 g/mol. The number of aliphatic hydroxyl groups excluding tert-OH is 1. The lowest BCUT2D eigenvalue weighted by molar-refractivity contribution is -0.254. The highest BCUT2D eigenvalue weighted by atomic mass is 16.7. The van der Waals surface area contributed by atoms with E-state index in [4.69, 9.17) is 14.6 Å². The van der Waals surface area contributed by atoms with Crippen LogP contribution in [0, 0.1) is 0 Å². The minimum atomic E-state index is -0.685. The first kappa shape index (κ1) is 7.72. The van der Waals surface area contributed by atoms with Gasteiger partial charge in [-0.1, -0.05) is 6.58 Å². The minimum Gasteiger partial charge on any atom is -0.368 e. The largest absolute Gasteiger partial charge is 0.368 e. The molecule has 3 nitrogen and oxygen atoms in total. The lowest BCUT2D eigenvalue weighted by Gasteiger charge is -2.27. The fourth-order valence-electron chi connectivity index (χ4n) is 0.784. The topological polar surface area (TPSA) is 38.7 Å². The zero-order chi connectivity index (χ0) is 7.56. The molecule has 0 saturated carbocycles. The zero-order valence-electron chi connectivity index (χ0n) is 6.04. The van der Waals surface area contributed by atoms with Crippen LogP contribution in [0.5, 0.6) is 0 Å². The molecule has 0 aromatic heterocycles. The average molecular weight is 144 g/mol. The minimum absolute atomic E-state index is 0.413. The second-order valence-corrected chi connectivity index (χ2v) is 2.43. The van der Waals surface area contributed by atoms with Gasteiger partial charge in [0.1, 0.15) is 0 Å². The molecule has 1 aliphatic rings. The molecule has 0 bridgehead atoms. The number of hydrogen-bond acceptors (Lipinski definition) is 3. The summed E-state index contributed by atoms with van der Waals surface area (Å²) < 4.78 is 10.1. The molecule has 0 aliphatic carbocycles. The van der Waals surface area contributed by atoms with Crippen molar-refractivity contribution in [1.29, 1.82) is 0 Å². The van der Waals surface area contributed by atoms with Crippen molar-refractivity contribution in [2.24, 2.45) is 0 Å². The zero-order valence-corrected chi connectivity index (χ0v) is 6.04. The predicted octanol–water partition coefficient (Wildman–Crippen LogP) is 0.644. The summed E-state index contributed by atoms with van der Waals surface area (Å²) in [5.41, 5.74) is 0.791. The van der Waals surface area contributed by atoms with E-state index in [0.717, 1.165) is 5.57 Å². The number of rotatable bonds is 1. The van der Waals surface area contributed by atoms with Crippen molar-refractivity contribution < 1.29 is 14.6 Å². The molecule has 0 radical (unpaired) electrons. The second kappa shape index (κ2) is 3.14. The van der Waals surface area contributed by atoms with Gasteiger partial charge in [-0.2, -0.15) is 0 Å². The Morgan fingerprint density at radius 2 is 2.40 bits per heavy atom. The van der Waals surface area contributed by atoms with Crippen LogP contribution in [0.3, 0.4) is 0 Å². The van der Waals surface area contributed by atoms with E-state index in [0.29, 0.717) is 13.0 Å². The van der Waals surface area contributed by atoms with Crippen LogP contribution < -0.4 is 0 Å². The van der Waals surface area contributed by atoms with Gasteiger partial charge >= 0.3 is 0 Å². The SMILES string of the molecule is C=C(C)C1OCCC(O)O1. The van der Waals surface area contributed by atoms with E-state index in [1.807, 2.05) is 6.92 Å². The maximum Gasteiger partial charge on any atom is 0.182 e.